The molecule has 0 aromatic heterocycles. The Morgan fingerprint density at radius 3 is 2.28 bits per heavy atom. The quantitative estimate of drug-likeness (QED) is 0.590. The van der Waals surface area contributed by atoms with Crippen LogP contribution in [0.25, 0.3) is 0 Å². The molecule has 1 fully saturated rings. The molecule has 162 valence electrons. The molecule has 8 heteroatoms. The average Bonchev–Trinajstić information content (AvgIpc) is 2.66. The summed E-state index contributed by atoms with van der Waals surface area (Å²) in [6.45, 7) is 5.01. The molecular formula is C21H32N2O5S. The second-order valence-corrected chi connectivity index (χ2v) is 9.68. The molecule has 7 nitrogen and oxygen atoms in total. The van der Waals surface area contributed by atoms with E-state index >= 15 is 0 Å². The third-order valence-corrected chi connectivity index (χ3v) is 6.66. The van der Waals surface area contributed by atoms with Crippen molar-refractivity contribution >= 4 is 27.6 Å². The van der Waals surface area contributed by atoms with Gasteiger partial charge < -0.3 is 10.1 Å². The largest absolute Gasteiger partial charge is 0.453 e. The molecule has 0 saturated heterocycles. The van der Waals surface area contributed by atoms with E-state index in [4.69, 9.17) is 4.74 Å². The van der Waals surface area contributed by atoms with Crippen LogP contribution < -0.4 is 10.0 Å². The lowest BCUT2D eigenvalue weighted by atomic mass is 9.86. The van der Waals surface area contributed by atoms with Gasteiger partial charge in [0.15, 0.2) is 6.10 Å². The van der Waals surface area contributed by atoms with Crippen molar-refractivity contribution in [2.45, 2.75) is 82.8 Å². The number of amides is 1. The van der Waals surface area contributed by atoms with Gasteiger partial charge in [0.1, 0.15) is 0 Å². The highest BCUT2D eigenvalue weighted by Crippen LogP contribution is 2.27. The third kappa shape index (κ3) is 7.78. The number of anilines is 1. The van der Waals surface area contributed by atoms with Gasteiger partial charge in [-0.3, -0.25) is 9.59 Å². The maximum Gasteiger partial charge on any atom is 0.306 e. The fourth-order valence-corrected chi connectivity index (χ4v) is 4.70. The highest BCUT2D eigenvalue weighted by atomic mass is 32.2. The first-order valence-electron chi connectivity index (χ1n) is 10.3. The second-order valence-electron chi connectivity index (χ2n) is 7.96. The van der Waals surface area contributed by atoms with Crippen LogP contribution >= 0.6 is 0 Å². The van der Waals surface area contributed by atoms with Crippen LogP contribution in [0, 0.1) is 5.92 Å². The van der Waals surface area contributed by atoms with Crippen LogP contribution in [-0.4, -0.2) is 32.4 Å². The lowest BCUT2D eigenvalue weighted by molar-refractivity contribution is -0.153. The van der Waals surface area contributed by atoms with E-state index in [2.05, 4.69) is 10.0 Å². The standard InChI is InChI=1S/C21H32N2O5S/c1-15(2)23-29(26,27)19-12-10-18(11-13-19)22-21(25)16(3)28-20(24)14-9-17-7-5-4-6-8-17/h10-13,15-17,23H,4-9,14H2,1-3H3,(H,22,25). The van der Waals surface area contributed by atoms with E-state index in [9.17, 15) is 18.0 Å². The minimum absolute atomic E-state index is 0.117. The first-order chi connectivity index (χ1) is 13.7. The molecule has 0 aliphatic heterocycles. The topological polar surface area (TPSA) is 102 Å². The Morgan fingerprint density at radius 1 is 1.07 bits per heavy atom. The highest BCUT2D eigenvalue weighted by molar-refractivity contribution is 7.89. The van der Waals surface area contributed by atoms with Gasteiger partial charge in [-0.15, -0.1) is 0 Å². The van der Waals surface area contributed by atoms with Crippen LogP contribution in [0.1, 0.15) is 65.7 Å². The molecule has 2 N–H and O–H groups in total. The normalized spacial score (nSPS) is 16.4. The van der Waals surface area contributed by atoms with Crippen molar-refractivity contribution in [1.29, 1.82) is 0 Å². The minimum atomic E-state index is -3.58. The van der Waals surface area contributed by atoms with Crippen LogP contribution in [0.15, 0.2) is 29.2 Å². The van der Waals surface area contributed by atoms with Crippen molar-refractivity contribution < 1.29 is 22.7 Å². The Labute approximate surface area is 173 Å². The van der Waals surface area contributed by atoms with E-state index in [0.717, 1.165) is 6.42 Å². The van der Waals surface area contributed by atoms with Crippen molar-refractivity contribution in [3.63, 3.8) is 0 Å². The molecular weight excluding hydrogens is 392 g/mol. The van der Waals surface area contributed by atoms with E-state index in [1.165, 1.54) is 63.3 Å². The van der Waals surface area contributed by atoms with Crippen molar-refractivity contribution in [2.75, 3.05) is 5.32 Å². The molecule has 0 spiro atoms. The van der Waals surface area contributed by atoms with Crippen LogP contribution in [0.4, 0.5) is 5.69 Å². The van der Waals surface area contributed by atoms with Gasteiger partial charge >= 0.3 is 5.97 Å². The number of rotatable bonds is 9. The number of sulfonamides is 1. The molecule has 1 unspecified atom stereocenters. The Hall–Kier alpha value is -1.93. The zero-order valence-electron chi connectivity index (χ0n) is 17.4. The van der Waals surface area contributed by atoms with Crippen molar-refractivity contribution in [3.8, 4) is 0 Å². The average molecular weight is 425 g/mol. The monoisotopic (exact) mass is 424 g/mol. The van der Waals surface area contributed by atoms with E-state index in [1.807, 2.05) is 0 Å². The zero-order valence-corrected chi connectivity index (χ0v) is 18.3. The van der Waals surface area contributed by atoms with Gasteiger partial charge in [-0.2, -0.15) is 0 Å². The summed E-state index contributed by atoms with van der Waals surface area (Å²) in [6.07, 6.45) is 6.30. The maximum absolute atomic E-state index is 12.3. The number of ether oxygens (including phenoxy) is 1. The first kappa shape index (κ1) is 23.3. The van der Waals surface area contributed by atoms with Crippen molar-refractivity contribution in [2.24, 2.45) is 5.92 Å². The van der Waals surface area contributed by atoms with Crippen molar-refractivity contribution in [1.82, 2.24) is 4.72 Å². The molecule has 1 aliphatic rings. The Morgan fingerprint density at radius 2 is 1.69 bits per heavy atom. The summed E-state index contributed by atoms with van der Waals surface area (Å²) in [5.74, 6) is -0.230. The van der Waals surface area contributed by atoms with Gasteiger partial charge in [-0.25, -0.2) is 13.1 Å². The summed E-state index contributed by atoms with van der Waals surface area (Å²) in [5.41, 5.74) is 0.434. The Kier molecular flexibility index (Phi) is 8.64. The fourth-order valence-electron chi connectivity index (χ4n) is 3.45. The number of hydrogen-bond acceptors (Lipinski definition) is 5. The third-order valence-electron chi connectivity index (χ3n) is 4.98. The molecule has 1 aromatic rings. The summed E-state index contributed by atoms with van der Waals surface area (Å²) in [7, 11) is -3.58. The summed E-state index contributed by atoms with van der Waals surface area (Å²) < 4.78 is 32.0. The number of nitrogens with one attached hydrogen (secondary N) is 2. The van der Waals surface area contributed by atoms with E-state index in [-0.39, 0.29) is 16.9 Å². The smallest absolute Gasteiger partial charge is 0.306 e. The van der Waals surface area contributed by atoms with E-state index in [1.54, 1.807) is 13.8 Å². The summed E-state index contributed by atoms with van der Waals surface area (Å²) in [6, 6.07) is 5.63. The molecule has 1 aromatic carbocycles. The second kappa shape index (κ2) is 10.7. The Bertz CT molecular complexity index is 784. The number of carbonyl (C=O) groups is 2. The lowest BCUT2D eigenvalue weighted by Crippen LogP contribution is -2.31. The van der Waals surface area contributed by atoms with Gasteiger partial charge in [0.05, 0.1) is 4.90 Å². The molecule has 29 heavy (non-hydrogen) atoms. The van der Waals surface area contributed by atoms with Gasteiger partial charge in [0.2, 0.25) is 10.0 Å². The van der Waals surface area contributed by atoms with Gasteiger partial charge in [0, 0.05) is 18.2 Å². The fraction of sp³-hybridized carbons (Fsp3) is 0.619. The molecule has 0 heterocycles. The Balaban J connectivity index is 1.81. The molecule has 0 bridgehead atoms. The first-order valence-corrected chi connectivity index (χ1v) is 11.8. The SMILES string of the molecule is CC(C)NS(=O)(=O)c1ccc(NC(=O)C(C)OC(=O)CCC2CCCCC2)cc1. The van der Waals surface area contributed by atoms with E-state index in [0.29, 0.717) is 18.0 Å². The van der Waals surface area contributed by atoms with Crippen molar-refractivity contribution in [3.05, 3.63) is 24.3 Å². The van der Waals surface area contributed by atoms with Crippen LogP contribution in [-0.2, 0) is 24.3 Å². The number of carbonyl (C=O) groups excluding carboxylic acids is 2. The molecule has 0 radical (unpaired) electrons. The lowest BCUT2D eigenvalue weighted by Gasteiger charge is -2.21. The molecule has 1 saturated carbocycles. The van der Waals surface area contributed by atoms with Crippen LogP contribution in [0.3, 0.4) is 0 Å². The summed E-state index contributed by atoms with van der Waals surface area (Å²) in [4.78, 5) is 24.4. The van der Waals surface area contributed by atoms with Gasteiger partial charge in [-0.05, 0) is 57.4 Å². The highest BCUT2D eigenvalue weighted by Gasteiger charge is 2.21. The van der Waals surface area contributed by atoms with Gasteiger partial charge in [-0.1, -0.05) is 32.1 Å². The predicted octanol–water partition coefficient (Wildman–Crippen LogP) is 3.60. The molecule has 2 rings (SSSR count). The number of benzene rings is 1. The molecule has 1 amide bonds. The zero-order chi connectivity index (χ0) is 21.4. The molecule has 1 atom stereocenters. The minimum Gasteiger partial charge on any atom is -0.453 e. The van der Waals surface area contributed by atoms with Gasteiger partial charge in [0.25, 0.3) is 5.91 Å². The maximum atomic E-state index is 12.3. The number of hydrogen-bond donors (Lipinski definition) is 2. The summed E-state index contributed by atoms with van der Waals surface area (Å²) >= 11 is 0. The van der Waals surface area contributed by atoms with Crippen LogP contribution in [0.2, 0.25) is 0 Å². The van der Waals surface area contributed by atoms with Crippen LogP contribution in [0.5, 0.6) is 0 Å². The summed E-state index contributed by atoms with van der Waals surface area (Å²) in [5, 5.41) is 2.64. The number of esters is 1. The van der Waals surface area contributed by atoms with E-state index < -0.39 is 22.0 Å². The molecule has 1 aliphatic carbocycles. The predicted molar refractivity (Wildman–Crippen MR) is 112 cm³/mol.